The van der Waals surface area contributed by atoms with E-state index in [4.69, 9.17) is 0 Å². The van der Waals surface area contributed by atoms with Gasteiger partial charge in [-0.05, 0) is 36.8 Å². The summed E-state index contributed by atoms with van der Waals surface area (Å²) in [5.41, 5.74) is 2.29. The van der Waals surface area contributed by atoms with Crippen molar-refractivity contribution < 1.29 is 9.72 Å². The molecule has 0 bridgehead atoms. The highest BCUT2D eigenvalue weighted by Crippen LogP contribution is 2.36. The monoisotopic (exact) mass is 366 g/mol. The molecule has 1 amide bonds. The SMILES string of the molecule is Cc1ccc(N2C(S)=C(C#N)C(=O)NC2c2ccc([N+](=O)[O-])cc2)cc1. The van der Waals surface area contributed by atoms with Crippen LogP contribution in [0.3, 0.4) is 0 Å². The highest BCUT2D eigenvalue weighted by molar-refractivity contribution is 7.84. The number of amides is 1. The van der Waals surface area contributed by atoms with E-state index in [0.29, 0.717) is 5.56 Å². The van der Waals surface area contributed by atoms with Gasteiger partial charge in [-0.25, -0.2) is 0 Å². The summed E-state index contributed by atoms with van der Waals surface area (Å²) in [5.74, 6) is -0.538. The van der Waals surface area contributed by atoms with Crippen LogP contribution >= 0.6 is 12.6 Å². The lowest BCUT2D eigenvalue weighted by molar-refractivity contribution is -0.384. The Labute approximate surface area is 155 Å². The molecule has 26 heavy (non-hydrogen) atoms. The molecule has 0 radical (unpaired) electrons. The van der Waals surface area contributed by atoms with Crippen molar-refractivity contribution in [1.29, 1.82) is 5.26 Å². The number of nitro groups is 1. The number of carbonyl (C=O) groups excluding carboxylic acids is 1. The van der Waals surface area contributed by atoms with E-state index >= 15 is 0 Å². The molecule has 0 spiro atoms. The van der Waals surface area contributed by atoms with E-state index in [1.165, 1.54) is 12.1 Å². The van der Waals surface area contributed by atoms with Crippen LogP contribution in [0.5, 0.6) is 0 Å². The summed E-state index contributed by atoms with van der Waals surface area (Å²) >= 11 is 4.40. The Balaban J connectivity index is 2.11. The molecule has 1 N–H and O–H groups in total. The van der Waals surface area contributed by atoms with Gasteiger partial charge in [-0.3, -0.25) is 14.9 Å². The molecule has 0 fully saturated rings. The van der Waals surface area contributed by atoms with Gasteiger partial charge in [-0.1, -0.05) is 17.7 Å². The lowest BCUT2D eigenvalue weighted by atomic mass is 10.1. The molecule has 1 aliphatic heterocycles. The third-order valence-corrected chi connectivity index (χ3v) is 4.49. The highest BCUT2D eigenvalue weighted by atomic mass is 32.1. The number of non-ortho nitro benzene ring substituents is 1. The van der Waals surface area contributed by atoms with Crippen molar-refractivity contribution in [3.05, 3.63) is 80.4 Å². The summed E-state index contributed by atoms with van der Waals surface area (Å²) in [6.07, 6.45) is -0.643. The normalized spacial score (nSPS) is 16.9. The van der Waals surface area contributed by atoms with Gasteiger partial charge in [0.05, 0.1) is 9.95 Å². The lowest BCUT2D eigenvalue weighted by Gasteiger charge is -2.38. The maximum atomic E-state index is 12.3. The quantitative estimate of drug-likeness (QED) is 0.494. The zero-order chi connectivity index (χ0) is 18.8. The van der Waals surface area contributed by atoms with E-state index in [0.717, 1.165) is 11.3 Å². The summed E-state index contributed by atoms with van der Waals surface area (Å²) < 4.78 is 0. The van der Waals surface area contributed by atoms with E-state index in [2.05, 4.69) is 17.9 Å². The number of nitriles is 1. The average molecular weight is 366 g/mol. The number of rotatable bonds is 3. The first kappa shape index (κ1) is 17.5. The number of hydrogen-bond acceptors (Lipinski definition) is 6. The Morgan fingerprint density at radius 3 is 2.35 bits per heavy atom. The van der Waals surface area contributed by atoms with Crippen LogP contribution in [0, 0.1) is 28.4 Å². The first-order chi connectivity index (χ1) is 12.4. The van der Waals surface area contributed by atoms with Crippen LogP contribution < -0.4 is 10.2 Å². The van der Waals surface area contributed by atoms with Crippen LogP contribution in [0.4, 0.5) is 11.4 Å². The predicted molar refractivity (Wildman–Crippen MR) is 99.3 cm³/mol. The average Bonchev–Trinajstić information content (AvgIpc) is 2.63. The first-order valence-corrected chi connectivity index (χ1v) is 8.11. The molecule has 7 nitrogen and oxygen atoms in total. The fraction of sp³-hybridized carbons (Fsp3) is 0.111. The number of anilines is 1. The fourth-order valence-corrected chi connectivity index (χ4v) is 3.08. The van der Waals surface area contributed by atoms with Gasteiger partial charge in [0.25, 0.3) is 11.6 Å². The molecule has 1 atom stereocenters. The van der Waals surface area contributed by atoms with Crippen LogP contribution in [-0.2, 0) is 4.79 Å². The Morgan fingerprint density at radius 2 is 1.81 bits per heavy atom. The van der Waals surface area contributed by atoms with Crippen LogP contribution in [0.15, 0.2) is 59.1 Å². The predicted octanol–water partition coefficient (Wildman–Crippen LogP) is 3.20. The van der Waals surface area contributed by atoms with Crippen molar-refractivity contribution in [2.75, 3.05) is 4.90 Å². The second-order valence-electron chi connectivity index (χ2n) is 5.74. The van der Waals surface area contributed by atoms with E-state index in [-0.39, 0.29) is 16.3 Å². The van der Waals surface area contributed by atoms with Crippen LogP contribution in [0.25, 0.3) is 0 Å². The zero-order valence-corrected chi connectivity index (χ0v) is 14.6. The van der Waals surface area contributed by atoms with Crippen LogP contribution in [-0.4, -0.2) is 10.8 Å². The summed E-state index contributed by atoms with van der Waals surface area (Å²) in [4.78, 5) is 24.3. The van der Waals surface area contributed by atoms with E-state index in [1.807, 2.05) is 37.3 Å². The molecular weight excluding hydrogens is 352 g/mol. The molecule has 1 unspecified atom stereocenters. The van der Waals surface area contributed by atoms with Gasteiger partial charge in [-0.15, -0.1) is 12.6 Å². The second kappa shape index (κ2) is 6.90. The Bertz CT molecular complexity index is 946. The molecular formula is C18H14N4O3S. The minimum absolute atomic E-state index is 0.0443. The van der Waals surface area contributed by atoms with Gasteiger partial charge >= 0.3 is 0 Å². The third kappa shape index (κ3) is 3.12. The number of nitrogens with one attached hydrogen (secondary N) is 1. The maximum absolute atomic E-state index is 12.3. The van der Waals surface area contributed by atoms with Gasteiger partial charge in [0.1, 0.15) is 17.8 Å². The van der Waals surface area contributed by atoms with E-state index in [9.17, 15) is 20.2 Å². The topological polar surface area (TPSA) is 99.3 Å². The van der Waals surface area contributed by atoms with Crippen LogP contribution in [0.2, 0.25) is 0 Å². The Kier molecular flexibility index (Phi) is 4.65. The number of nitro benzene ring substituents is 1. The lowest BCUT2D eigenvalue weighted by Crippen LogP contribution is -2.46. The molecule has 2 aromatic carbocycles. The van der Waals surface area contributed by atoms with Crippen molar-refractivity contribution in [3.8, 4) is 6.07 Å². The molecule has 0 saturated heterocycles. The van der Waals surface area contributed by atoms with E-state index < -0.39 is 17.0 Å². The largest absolute Gasteiger partial charge is 0.327 e. The van der Waals surface area contributed by atoms with Crippen molar-refractivity contribution in [1.82, 2.24) is 5.32 Å². The smallest absolute Gasteiger partial charge is 0.269 e. The van der Waals surface area contributed by atoms with E-state index in [1.54, 1.807) is 17.0 Å². The maximum Gasteiger partial charge on any atom is 0.269 e. The highest BCUT2D eigenvalue weighted by Gasteiger charge is 2.34. The molecule has 3 rings (SSSR count). The Morgan fingerprint density at radius 1 is 1.19 bits per heavy atom. The van der Waals surface area contributed by atoms with Gasteiger partial charge in [0.2, 0.25) is 0 Å². The minimum atomic E-state index is -0.643. The molecule has 1 heterocycles. The first-order valence-electron chi connectivity index (χ1n) is 7.67. The molecule has 1 aliphatic rings. The summed E-state index contributed by atoms with van der Waals surface area (Å²) in [5, 5.41) is 23.1. The third-order valence-electron chi connectivity index (χ3n) is 4.05. The van der Waals surface area contributed by atoms with Gasteiger partial charge < -0.3 is 10.2 Å². The van der Waals surface area contributed by atoms with Crippen molar-refractivity contribution >= 4 is 29.9 Å². The van der Waals surface area contributed by atoms with Crippen LogP contribution in [0.1, 0.15) is 17.3 Å². The fourth-order valence-electron chi connectivity index (χ4n) is 2.69. The standard InChI is InChI=1S/C18H14N4O3S/c1-11-2-6-13(7-3-11)21-16(20-17(23)15(10-19)18(21)26)12-4-8-14(9-5-12)22(24)25/h2-9,16,26H,1H3,(H,20,23). The molecule has 130 valence electrons. The minimum Gasteiger partial charge on any atom is -0.327 e. The zero-order valence-electron chi connectivity index (χ0n) is 13.7. The van der Waals surface area contributed by atoms with Gasteiger partial charge in [0.15, 0.2) is 0 Å². The molecule has 8 heteroatoms. The number of thiol groups is 1. The van der Waals surface area contributed by atoms with Crippen molar-refractivity contribution in [2.45, 2.75) is 13.1 Å². The van der Waals surface area contributed by atoms with Crippen molar-refractivity contribution in [2.24, 2.45) is 0 Å². The molecule has 0 aliphatic carbocycles. The molecule has 0 saturated carbocycles. The van der Waals surface area contributed by atoms with Gasteiger partial charge in [0, 0.05) is 17.8 Å². The second-order valence-corrected chi connectivity index (χ2v) is 6.16. The summed E-state index contributed by atoms with van der Waals surface area (Å²) in [7, 11) is 0. The molecule has 2 aromatic rings. The van der Waals surface area contributed by atoms with Gasteiger partial charge in [-0.2, -0.15) is 5.26 Å². The molecule has 0 aromatic heterocycles. The summed E-state index contributed by atoms with van der Waals surface area (Å²) in [6.45, 7) is 1.95. The summed E-state index contributed by atoms with van der Waals surface area (Å²) in [6, 6.07) is 15.3. The van der Waals surface area contributed by atoms with Crippen molar-refractivity contribution in [3.63, 3.8) is 0 Å². The number of carbonyl (C=O) groups is 1. The number of aryl methyl sites for hydroxylation is 1. The Hall–Kier alpha value is -3.31. The number of benzene rings is 2. The number of nitrogens with zero attached hydrogens (tertiary/aromatic N) is 3. The number of hydrogen-bond donors (Lipinski definition) is 2.